The molecule has 0 aliphatic rings. The van der Waals surface area contributed by atoms with Crippen molar-refractivity contribution in [3.63, 3.8) is 0 Å². The first-order chi connectivity index (χ1) is 6.37. The van der Waals surface area contributed by atoms with Crippen LogP contribution in [0, 0.1) is 5.92 Å². The van der Waals surface area contributed by atoms with E-state index < -0.39 is 19.5 Å². The minimum Gasteiger partial charge on any atom is -0.481 e. The van der Waals surface area contributed by atoms with Crippen LogP contribution in [0.25, 0.3) is 0 Å². The molecule has 0 aliphatic heterocycles. The Morgan fingerprint density at radius 1 is 1.36 bits per heavy atom. The molecule has 0 aromatic carbocycles. The predicted octanol–water partition coefficient (Wildman–Crippen LogP) is 1.45. The van der Waals surface area contributed by atoms with Crippen LogP contribution in [-0.4, -0.2) is 27.0 Å². The number of aliphatic carboxylic acids is 1. The number of hydrogen-bond donors (Lipinski definition) is 3. The van der Waals surface area contributed by atoms with Crippen molar-refractivity contribution < 1.29 is 24.3 Å². The monoisotopic (exact) mass is 224 g/mol. The minimum absolute atomic E-state index is 0.222. The average molecular weight is 224 g/mol. The lowest BCUT2D eigenvalue weighted by molar-refractivity contribution is -0.142. The Morgan fingerprint density at radius 3 is 2.29 bits per heavy atom. The molecule has 0 aromatic heterocycles. The Morgan fingerprint density at radius 2 is 1.93 bits per heavy atom. The van der Waals surface area contributed by atoms with Gasteiger partial charge in [-0.05, 0) is 19.3 Å². The lowest BCUT2D eigenvalue weighted by Crippen LogP contribution is -2.13. The molecule has 0 fully saturated rings. The molecular weight excluding hydrogens is 207 g/mol. The van der Waals surface area contributed by atoms with Gasteiger partial charge in [-0.2, -0.15) is 0 Å². The second-order valence-electron chi connectivity index (χ2n) is 3.35. The van der Waals surface area contributed by atoms with Gasteiger partial charge in [-0.25, -0.2) is 0 Å². The Hall–Kier alpha value is -0.380. The van der Waals surface area contributed by atoms with Crippen molar-refractivity contribution in [3.05, 3.63) is 0 Å². The first-order valence-electron chi connectivity index (χ1n) is 4.64. The van der Waals surface area contributed by atoms with Gasteiger partial charge >= 0.3 is 13.6 Å². The van der Waals surface area contributed by atoms with E-state index >= 15 is 0 Å². The summed E-state index contributed by atoms with van der Waals surface area (Å²) in [4.78, 5) is 27.8. The van der Waals surface area contributed by atoms with Crippen LogP contribution >= 0.6 is 7.60 Å². The summed E-state index contributed by atoms with van der Waals surface area (Å²) in [5.74, 6) is -1.34. The summed E-state index contributed by atoms with van der Waals surface area (Å²) < 4.78 is 10.5. The molecule has 0 spiro atoms. The first-order valence-corrected chi connectivity index (χ1v) is 6.44. The van der Waals surface area contributed by atoms with Gasteiger partial charge < -0.3 is 14.9 Å². The van der Waals surface area contributed by atoms with Crippen LogP contribution in [-0.2, 0) is 9.36 Å². The molecule has 5 nitrogen and oxygen atoms in total. The van der Waals surface area contributed by atoms with Crippen molar-refractivity contribution in [2.45, 2.75) is 32.6 Å². The van der Waals surface area contributed by atoms with Crippen molar-refractivity contribution in [1.29, 1.82) is 0 Å². The first kappa shape index (κ1) is 13.6. The molecule has 14 heavy (non-hydrogen) atoms. The summed E-state index contributed by atoms with van der Waals surface area (Å²) >= 11 is 0. The zero-order valence-electron chi connectivity index (χ0n) is 8.22. The lowest BCUT2D eigenvalue weighted by Gasteiger charge is -2.10. The van der Waals surface area contributed by atoms with Gasteiger partial charge in [-0.15, -0.1) is 0 Å². The molecular formula is C8H17O5P. The molecule has 84 valence electrons. The molecule has 0 saturated heterocycles. The Kier molecular flexibility index (Phi) is 6.00. The maximum absolute atomic E-state index is 10.7. The summed E-state index contributed by atoms with van der Waals surface area (Å²) in [6.45, 7) is 1.89. The van der Waals surface area contributed by atoms with Gasteiger partial charge in [0.25, 0.3) is 0 Å². The Balaban J connectivity index is 3.83. The fourth-order valence-electron chi connectivity index (χ4n) is 1.28. The molecule has 0 rings (SSSR count). The van der Waals surface area contributed by atoms with Gasteiger partial charge in [-0.1, -0.05) is 13.3 Å². The number of rotatable bonds is 7. The van der Waals surface area contributed by atoms with Gasteiger partial charge in [0.1, 0.15) is 0 Å². The quantitative estimate of drug-likeness (QED) is 0.569. The molecule has 0 amide bonds. The fraction of sp³-hybridized carbons (Fsp3) is 0.875. The highest BCUT2D eigenvalue weighted by molar-refractivity contribution is 7.51. The molecule has 0 aromatic rings. The van der Waals surface area contributed by atoms with Crippen molar-refractivity contribution in [2.75, 3.05) is 6.16 Å². The Labute approximate surface area is 83.3 Å². The van der Waals surface area contributed by atoms with E-state index in [1.54, 1.807) is 0 Å². The van der Waals surface area contributed by atoms with E-state index in [0.29, 0.717) is 12.8 Å². The summed E-state index contributed by atoms with van der Waals surface area (Å²) in [6, 6.07) is 0. The van der Waals surface area contributed by atoms with Crippen LogP contribution in [0.3, 0.4) is 0 Å². The van der Waals surface area contributed by atoms with Crippen LogP contribution in [0.4, 0.5) is 0 Å². The second-order valence-corrected chi connectivity index (χ2v) is 5.13. The summed E-state index contributed by atoms with van der Waals surface area (Å²) in [6.07, 6.45) is 1.72. The minimum atomic E-state index is -3.96. The molecule has 0 radical (unpaired) electrons. The van der Waals surface area contributed by atoms with E-state index in [0.717, 1.165) is 6.42 Å². The third-order valence-corrected chi connectivity index (χ3v) is 2.89. The standard InChI is InChI=1S/C8H17O5P/c1-2-4-7(8(9)10)5-3-6-14(11,12)13/h7H,2-6H2,1H3,(H,9,10)(H2,11,12,13). The molecule has 0 saturated carbocycles. The lowest BCUT2D eigenvalue weighted by atomic mass is 9.99. The zero-order valence-corrected chi connectivity index (χ0v) is 9.11. The highest BCUT2D eigenvalue weighted by Gasteiger charge is 2.18. The second kappa shape index (κ2) is 6.17. The van der Waals surface area contributed by atoms with Crippen LogP contribution in [0.2, 0.25) is 0 Å². The van der Waals surface area contributed by atoms with Crippen LogP contribution < -0.4 is 0 Å². The molecule has 3 N–H and O–H groups in total. The van der Waals surface area contributed by atoms with E-state index in [1.165, 1.54) is 0 Å². The zero-order chi connectivity index (χ0) is 11.2. The van der Waals surface area contributed by atoms with Gasteiger partial charge in [0.15, 0.2) is 0 Å². The maximum atomic E-state index is 10.7. The van der Waals surface area contributed by atoms with E-state index in [9.17, 15) is 9.36 Å². The fourth-order valence-corrected chi connectivity index (χ4v) is 1.88. The summed E-state index contributed by atoms with van der Waals surface area (Å²) in [5.41, 5.74) is 0. The van der Waals surface area contributed by atoms with Gasteiger partial charge in [-0.3, -0.25) is 9.36 Å². The largest absolute Gasteiger partial charge is 0.481 e. The molecule has 0 aliphatic carbocycles. The normalized spacial score (nSPS) is 13.9. The smallest absolute Gasteiger partial charge is 0.325 e. The number of carbonyl (C=O) groups is 1. The molecule has 1 atom stereocenters. The number of hydrogen-bond acceptors (Lipinski definition) is 2. The van der Waals surface area contributed by atoms with Crippen molar-refractivity contribution in [2.24, 2.45) is 5.92 Å². The van der Waals surface area contributed by atoms with Crippen LogP contribution in [0.5, 0.6) is 0 Å². The summed E-state index contributed by atoms with van der Waals surface area (Å²) in [5, 5.41) is 8.74. The van der Waals surface area contributed by atoms with Crippen molar-refractivity contribution >= 4 is 13.6 Å². The maximum Gasteiger partial charge on any atom is 0.325 e. The highest BCUT2D eigenvalue weighted by atomic mass is 31.2. The van der Waals surface area contributed by atoms with E-state index in [1.807, 2.05) is 6.92 Å². The SMILES string of the molecule is CCCC(CCCP(=O)(O)O)C(=O)O. The van der Waals surface area contributed by atoms with Gasteiger partial charge in [0.05, 0.1) is 5.92 Å². The Bertz CT molecular complexity index is 222. The number of carboxylic acids is 1. The topological polar surface area (TPSA) is 94.8 Å². The molecule has 6 heteroatoms. The van der Waals surface area contributed by atoms with E-state index in [4.69, 9.17) is 14.9 Å². The third-order valence-electron chi connectivity index (χ3n) is 1.99. The highest BCUT2D eigenvalue weighted by Crippen LogP contribution is 2.36. The average Bonchev–Trinajstić information content (AvgIpc) is 2.00. The van der Waals surface area contributed by atoms with Crippen molar-refractivity contribution in [1.82, 2.24) is 0 Å². The van der Waals surface area contributed by atoms with E-state index in [2.05, 4.69) is 0 Å². The molecule has 0 bridgehead atoms. The number of carboxylic acid groups (broad SMARTS) is 1. The van der Waals surface area contributed by atoms with Crippen LogP contribution in [0.1, 0.15) is 32.6 Å². The molecule has 0 heterocycles. The predicted molar refractivity (Wildman–Crippen MR) is 52.2 cm³/mol. The summed E-state index contributed by atoms with van der Waals surface area (Å²) in [7, 11) is -3.96. The van der Waals surface area contributed by atoms with E-state index in [-0.39, 0.29) is 12.6 Å². The third kappa shape index (κ3) is 7.06. The van der Waals surface area contributed by atoms with Gasteiger partial charge in [0, 0.05) is 6.16 Å². The van der Waals surface area contributed by atoms with Crippen molar-refractivity contribution in [3.8, 4) is 0 Å². The van der Waals surface area contributed by atoms with Crippen LogP contribution in [0.15, 0.2) is 0 Å². The molecule has 1 unspecified atom stereocenters. The van der Waals surface area contributed by atoms with Gasteiger partial charge in [0.2, 0.25) is 0 Å².